The van der Waals surface area contributed by atoms with Gasteiger partial charge in [0.05, 0.1) is 21.2 Å². The number of carbonyl (C=O) groups excluding carboxylic acids is 2. The molecule has 4 amide bonds. The second-order valence-corrected chi connectivity index (χ2v) is 14.7. The summed E-state index contributed by atoms with van der Waals surface area (Å²) >= 11 is 0. The van der Waals surface area contributed by atoms with Gasteiger partial charge in [-0.05, 0) is 94.5 Å². The number of nitro benzene ring substituents is 2. The minimum atomic E-state index is -0.545. The maximum absolute atomic E-state index is 13.0. The molecule has 56 heavy (non-hydrogen) atoms. The zero-order valence-corrected chi connectivity index (χ0v) is 31.6. The zero-order valence-electron chi connectivity index (χ0n) is 31.6. The fourth-order valence-electron chi connectivity index (χ4n) is 5.19. The minimum absolute atomic E-state index is 0.0885. The smallest absolute Gasteiger partial charge is 0.308 e. The van der Waals surface area contributed by atoms with Crippen LogP contribution in [0.25, 0.3) is 0 Å². The Hall–Kier alpha value is -7.51. The molecule has 0 aliphatic heterocycles. The average molecular weight is 750 g/mol. The van der Waals surface area contributed by atoms with E-state index in [0.29, 0.717) is 45.3 Å². The highest BCUT2D eigenvalue weighted by Gasteiger charge is 2.18. The molecule has 0 saturated carbocycles. The van der Waals surface area contributed by atoms with Gasteiger partial charge in [-0.1, -0.05) is 71.6 Å². The van der Waals surface area contributed by atoms with Crippen molar-refractivity contribution in [3.63, 3.8) is 0 Å². The van der Waals surface area contributed by atoms with Gasteiger partial charge < -0.3 is 21.3 Å². The molecule has 1 aromatic heterocycles. The van der Waals surface area contributed by atoms with Gasteiger partial charge in [0.15, 0.2) is 0 Å². The molecule has 4 N–H and O–H groups in total. The van der Waals surface area contributed by atoms with Gasteiger partial charge in [0, 0.05) is 46.8 Å². The normalized spacial score (nSPS) is 10.8. The van der Waals surface area contributed by atoms with E-state index >= 15 is 0 Å². The van der Waals surface area contributed by atoms with E-state index in [4.69, 9.17) is 0 Å². The van der Waals surface area contributed by atoms with Crippen molar-refractivity contribution < 1.29 is 19.4 Å². The van der Waals surface area contributed by atoms with Gasteiger partial charge in [-0.25, -0.2) is 14.6 Å². The lowest BCUT2D eigenvalue weighted by Gasteiger charge is -2.21. The molecule has 0 bridgehead atoms. The summed E-state index contributed by atoms with van der Waals surface area (Å²) in [6.45, 7) is 12.3. The summed E-state index contributed by atoms with van der Waals surface area (Å²) < 4.78 is 0. The van der Waals surface area contributed by atoms with Crippen LogP contribution in [0.3, 0.4) is 0 Å². The molecule has 13 nitrogen and oxygen atoms in total. The van der Waals surface area contributed by atoms with Crippen molar-refractivity contribution in [3.05, 3.63) is 157 Å². The van der Waals surface area contributed by atoms with Gasteiger partial charge in [0.1, 0.15) is 11.4 Å². The van der Waals surface area contributed by atoms with Crippen LogP contribution in [-0.2, 0) is 10.8 Å². The van der Waals surface area contributed by atoms with Gasteiger partial charge in [-0.3, -0.25) is 20.2 Å². The Kier molecular flexibility index (Phi) is 11.8. The molecule has 5 aromatic rings. The number of rotatable bonds is 6. The van der Waals surface area contributed by atoms with Crippen molar-refractivity contribution in [2.24, 2.45) is 0 Å². The molecule has 0 unspecified atom stereocenters. The fourth-order valence-corrected chi connectivity index (χ4v) is 5.19. The van der Waals surface area contributed by atoms with Crippen LogP contribution in [-0.4, -0.2) is 26.9 Å². The van der Waals surface area contributed by atoms with Crippen molar-refractivity contribution in [1.82, 2.24) is 4.98 Å². The van der Waals surface area contributed by atoms with Crippen molar-refractivity contribution in [3.8, 4) is 23.7 Å². The summed E-state index contributed by atoms with van der Waals surface area (Å²) in [4.78, 5) is 51.6. The van der Waals surface area contributed by atoms with E-state index in [9.17, 15) is 29.8 Å². The van der Waals surface area contributed by atoms with Gasteiger partial charge in [0.2, 0.25) is 0 Å². The lowest BCUT2D eigenvalue weighted by atomic mass is 9.86. The number of nitrogens with one attached hydrogen (secondary N) is 4. The molecule has 5 rings (SSSR count). The maximum Gasteiger partial charge on any atom is 0.323 e. The van der Waals surface area contributed by atoms with Crippen LogP contribution in [0.1, 0.15) is 75.2 Å². The van der Waals surface area contributed by atoms with Crippen LogP contribution in [0.5, 0.6) is 0 Å². The molecule has 0 spiro atoms. The van der Waals surface area contributed by atoms with Gasteiger partial charge in [-0.2, -0.15) is 0 Å². The number of hydrogen-bond donors (Lipinski definition) is 4. The monoisotopic (exact) mass is 749 g/mol. The van der Waals surface area contributed by atoms with E-state index in [1.165, 1.54) is 48.5 Å². The first kappa shape index (κ1) is 39.7. The Balaban J connectivity index is 1.38. The van der Waals surface area contributed by atoms with Crippen molar-refractivity contribution in [2.75, 3.05) is 21.3 Å². The number of hydrogen-bond acceptors (Lipinski definition) is 7. The van der Waals surface area contributed by atoms with E-state index in [1.54, 1.807) is 18.2 Å². The Morgan fingerprint density at radius 3 is 1.25 bits per heavy atom. The number of nitro groups is 2. The lowest BCUT2D eigenvalue weighted by Crippen LogP contribution is -2.21. The molecule has 0 atom stereocenters. The molecule has 0 aliphatic rings. The number of pyridine rings is 1. The van der Waals surface area contributed by atoms with Crippen LogP contribution in [0, 0.1) is 43.9 Å². The fraction of sp³-hybridized carbons (Fsp3) is 0.186. The standard InChI is InChI=1S/C43H39N7O6/c1-42(2,3)30-14-10-28(38(26-30)47-40(51)45-34-18-22-36(23-19-34)49(53)54)12-16-32-8-7-9-33(44-32)17-13-29-11-15-31(43(4,5)6)27-39(29)48-41(52)46-35-20-24-37(25-21-35)50(55)56/h7-11,14-15,18-27H,1-6H3,(H2,45,47,51)(H2,46,48,52). The number of anilines is 4. The molecule has 13 heteroatoms. The highest BCUT2D eigenvalue weighted by molar-refractivity contribution is 6.01. The molecular formula is C43H39N7O6. The third kappa shape index (κ3) is 10.8. The number of non-ortho nitro benzene ring substituents is 2. The summed E-state index contributed by atoms with van der Waals surface area (Å²) in [7, 11) is 0. The quantitative estimate of drug-likeness (QED) is 0.0757. The van der Waals surface area contributed by atoms with Crippen molar-refractivity contribution in [1.29, 1.82) is 0 Å². The molecule has 1 heterocycles. The topological polar surface area (TPSA) is 181 Å². The second-order valence-electron chi connectivity index (χ2n) is 14.7. The third-order valence-corrected chi connectivity index (χ3v) is 8.34. The summed E-state index contributed by atoms with van der Waals surface area (Å²) in [6, 6.07) is 26.5. The Bertz CT molecular complexity index is 2270. The van der Waals surface area contributed by atoms with E-state index in [2.05, 4.69) is 91.5 Å². The predicted molar refractivity (Wildman–Crippen MR) is 218 cm³/mol. The predicted octanol–water partition coefficient (Wildman–Crippen LogP) is 9.58. The highest BCUT2D eigenvalue weighted by Crippen LogP contribution is 2.29. The number of aromatic nitrogens is 1. The number of nitrogens with zero attached hydrogens (tertiary/aromatic N) is 3. The maximum atomic E-state index is 13.0. The van der Waals surface area contributed by atoms with Gasteiger partial charge >= 0.3 is 12.1 Å². The Morgan fingerprint density at radius 2 is 0.911 bits per heavy atom. The number of amides is 4. The van der Waals surface area contributed by atoms with Gasteiger partial charge in [-0.15, -0.1) is 0 Å². The third-order valence-electron chi connectivity index (χ3n) is 8.34. The number of carbonyl (C=O) groups is 2. The molecule has 0 aliphatic carbocycles. The average Bonchev–Trinajstić information content (AvgIpc) is 3.13. The Morgan fingerprint density at radius 1 is 0.536 bits per heavy atom. The van der Waals surface area contributed by atoms with Crippen LogP contribution in [0.2, 0.25) is 0 Å². The summed E-state index contributed by atoms with van der Waals surface area (Å²) in [5.41, 5.74) is 4.97. The van der Waals surface area contributed by atoms with E-state index in [0.717, 1.165) is 11.1 Å². The van der Waals surface area contributed by atoms with Gasteiger partial charge in [0.25, 0.3) is 11.4 Å². The second kappa shape index (κ2) is 16.7. The largest absolute Gasteiger partial charge is 0.323 e. The summed E-state index contributed by atoms with van der Waals surface area (Å²) in [6.07, 6.45) is 0. The first-order valence-electron chi connectivity index (χ1n) is 17.4. The van der Waals surface area contributed by atoms with Crippen LogP contribution in [0.15, 0.2) is 103 Å². The molecule has 0 saturated heterocycles. The number of urea groups is 2. The van der Waals surface area contributed by atoms with E-state index in [1.807, 2.05) is 36.4 Å². The molecule has 4 aromatic carbocycles. The summed E-state index contributed by atoms with van der Waals surface area (Å²) in [5, 5.41) is 33.1. The Labute approximate surface area is 324 Å². The molecule has 0 fully saturated rings. The van der Waals surface area contributed by atoms with E-state index in [-0.39, 0.29) is 22.2 Å². The molecule has 0 radical (unpaired) electrons. The first-order chi connectivity index (χ1) is 26.4. The summed E-state index contributed by atoms with van der Waals surface area (Å²) in [5.74, 6) is 12.4. The van der Waals surface area contributed by atoms with Crippen LogP contribution in [0.4, 0.5) is 43.7 Å². The molecular weight excluding hydrogens is 711 g/mol. The lowest BCUT2D eigenvalue weighted by molar-refractivity contribution is -0.385. The van der Waals surface area contributed by atoms with E-state index < -0.39 is 21.9 Å². The zero-order chi connectivity index (χ0) is 40.6. The van der Waals surface area contributed by atoms with Crippen LogP contribution < -0.4 is 21.3 Å². The van der Waals surface area contributed by atoms with Crippen LogP contribution >= 0.6 is 0 Å². The highest BCUT2D eigenvalue weighted by atomic mass is 16.6. The SMILES string of the molecule is CC(C)(C)c1ccc(C#Cc2cccc(C#Cc3ccc(C(C)(C)C)cc3NC(=O)Nc3ccc([N+](=O)[O-])cc3)n2)c(NC(=O)Nc2ccc([N+](=O)[O-])cc2)c1. The minimum Gasteiger partial charge on any atom is -0.308 e. The van der Waals surface area contributed by atoms with Crippen molar-refractivity contribution in [2.45, 2.75) is 52.4 Å². The van der Waals surface area contributed by atoms with Crippen molar-refractivity contribution >= 4 is 46.2 Å². The molecule has 282 valence electrons. The first-order valence-corrected chi connectivity index (χ1v) is 17.4. The number of benzene rings is 4.